The summed E-state index contributed by atoms with van der Waals surface area (Å²) in [4.78, 5) is 0. The topological polar surface area (TPSA) is 32.3 Å². The molecule has 0 spiro atoms. The Morgan fingerprint density at radius 3 is 2.69 bits per heavy atom. The molecule has 70 valence electrons. The third-order valence-corrected chi connectivity index (χ3v) is 2.68. The first-order valence-electron chi connectivity index (χ1n) is 4.81. The molecule has 2 N–H and O–H groups in total. The highest BCUT2D eigenvalue weighted by molar-refractivity contribution is 5.21. The Hall–Kier alpha value is -0.860. The van der Waals surface area contributed by atoms with Gasteiger partial charge in [-0.25, -0.2) is 0 Å². The van der Waals surface area contributed by atoms with E-state index >= 15 is 0 Å². The second-order valence-electron chi connectivity index (χ2n) is 3.58. The van der Waals surface area contributed by atoms with Gasteiger partial charge in [-0.2, -0.15) is 0 Å². The van der Waals surface area contributed by atoms with Gasteiger partial charge in [-0.3, -0.25) is 0 Å². The Balaban J connectivity index is 2.15. The van der Waals surface area contributed by atoms with Crippen molar-refractivity contribution in [3.8, 4) is 0 Å². The molecule has 1 unspecified atom stereocenters. The van der Waals surface area contributed by atoms with Gasteiger partial charge >= 0.3 is 0 Å². The average molecular weight is 177 g/mol. The van der Waals surface area contributed by atoms with Crippen LogP contribution in [0.15, 0.2) is 30.3 Å². The molecule has 2 nitrogen and oxygen atoms in total. The molecule has 1 heterocycles. The Morgan fingerprint density at radius 2 is 2.00 bits per heavy atom. The van der Waals surface area contributed by atoms with E-state index in [4.69, 9.17) is 0 Å². The molecule has 1 aromatic rings. The van der Waals surface area contributed by atoms with Crippen LogP contribution in [0.1, 0.15) is 17.9 Å². The number of benzene rings is 1. The van der Waals surface area contributed by atoms with Crippen LogP contribution in [-0.4, -0.2) is 24.3 Å². The van der Waals surface area contributed by atoms with E-state index in [1.165, 1.54) is 5.56 Å². The fourth-order valence-corrected chi connectivity index (χ4v) is 1.93. The normalized spacial score (nSPS) is 28.7. The predicted octanol–water partition coefficient (Wildman–Crippen LogP) is 1.12. The predicted molar refractivity (Wildman–Crippen MR) is 52.7 cm³/mol. The van der Waals surface area contributed by atoms with Crippen LogP contribution >= 0.6 is 0 Å². The molecule has 13 heavy (non-hydrogen) atoms. The average Bonchev–Trinajstić information content (AvgIpc) is 2.20. The van der Waals surface area contributed by atoms with Crippen LogP contribution in [0.3, 0.4) is 0 Å². The maximum absolute atomic E-state index is 9.76. The van der Waals surface area contributed by atoms with Gasteiger partial charge in [-0.1, -0.05) is 30.3 Å². The Bertz CT molecular complexity index is 260. The number of hydrogen-bond donors (Lipinski definition) is 2. The quantitative estimate of drug-likeness (QED) is 0.674. The molecule has 0 aromatic heterocycles. The maximum atomic E-state index is 9.76. The minimum absolute atomic E-state index is 0.226. The standard InChI is InChI=1S/C11H15NO/c13-11-8-12-7-6-10(11)9-4-2-1-3-5-9/h1-5,10-13H,6-8H2/t10?,11-/m1/s1. The van der Waals surface area contributed by atoms with Gasteiger partial charge in [0.25, 0.3) is 0 Å². The largest absolute Gasteiger partial charge is 0.391 e. The number of β-amino-alcohol motifs (C(OH)–C–C–N with tert-alkyl or cyclic N) is 1. The summed E-state index contributed by atoms with van der Waals surface area (Å²) in [5, 5.41) is 12.9. The van der Waals surface area contributed by atoms with Crippen molar-refractivity contribution in [2.75, 3.05) is 13.1 Å². The van der Waals surface area contributed by atoms with Crippen molar-refractivity contribution in [3.63, 3.8) is 0 Å². The number of piperidine rings is 1. The van der Waals surface area contributed by atoms with E-state index in [0.717, 1.165) is 19.5 Å². The van der Waals surface area contributed by atoms with E-state index in [1.54, 1.807) is 0 Å². The van der Waals surface area contributed by atoms with Crippen LogP contribution in [-0.2, 0) is 0 Å². The van der Waals surface area contributed by atoms with Gasteiger partial charge in [0.1, 0.15) is 0 Å². The summed E-state index contributed by atoms with van der Waals surface area (Å²) in [5.41, 5.74) is 1.26. The van der Waals surface area contributed by atoms with Crippen molar-refractivity contribution < 1.29 is 5.11 Å². The number of aliphatic hydroxyl groups excluding tert-OH is 1. The third kappa shape index (κ3) is 1.90. The zero-order valence-electron chi connectivity index (χ0n) is 7.61. The highest BCUT2D eigenvalue weighted by Crippen LogP contribution is 2.24. The third-order valence-electron chi connectivity index (χ3n) is 2.68. The fourth-order valence-electron chi connectivity index (χ4n) is 1.93. The van der Waals surface area contributed by atoms with Crippen LogP contribution in [0.2, 0.25) is 0 Å². The van der Waals surface area contributed by atoms with Crippen LogP contribution in [0.5, 0.6) is 0 Å². The summed E-state index contributed by atoms with van der Waals surface area (Å²) in [7, 11) is 0. The summed E-state index contributed by atoms with van der Waals surface area (Å²) >= 11 is 0. The summed E-state index contributed by atoms with van der Waals surface area (Å²) in [6.45, 7) is 1.73. The molecule has 2 rings (SSSR count). The van der Waals surface area contributed by atoms with Crippen LogP contribution in [0, 0.1) is 0 Å². The van der Waals surface area contributed by atoms with E-state index in [2.05, 4.69) is 17.4 Å². The van der Waals surface area contributed by atoms with Crippen molar-refractivity contribution in [2.24, 2.45) is 0 Å². The van der Waals surface area contributed by atoms with Crippen molar-refractivity contribution >= 4 is 0 Å². The van der Waals surface area contributed by atoms with Crippen LogP contribution < -0.4 is 5.32 Å². The molecular formula is C11H15NO. The molecule has 1 aromatic carbocycles. The molecule has 0 radical (unpaired) electrons. The summed E-state index contributed by atoms with van der Waals surface area (Å²) < 4.78 is 0. The minimum Gasteiger partial charge on any atom is -0.391 e. The molecule has 0 bridgehead atoms. The Morgan fingerprint density at radius 1 is 1.23 bits per heavy atom. The first-order chi connectivity index (χ1) is 6.38. The van der Waals surface area contributed by atoms with E-state index in [9.17, 15) is 5.11 Å². The SMILES string of the molecule is O[C@@H]1CNCCC1c1ccccc1. The summed E-state index contributed by atoms with van der Waals surface area (Å²) in [6, 6.07) is 10.3. The molecule has 2 atom stereocenters. The maximum Gasteiger partial charge on any atom is 0.0733 e. The van der Waals surface area contributed by atoms with Crippen molar-refractivity contribution in [1.29, 1.82) is 0 Å². The number of hydrogen-bond acceptors (Lipinski definition) is 2. The lowest BCUT2D eigenvalue weighted by atomic mass is 9.88. The molecule has 2 heteroatoms. The van der Waals surface area contributed by atoms with E-state index in [-0.39, 0.29) is 6.10 Å². The van der Waals surface area contributed by atoms with E-state index in [1.807, 2.05) is 18.2 Å². The second-order valence-corrected chi connectivity index (χ2v) is 3.58. The van der Waals surface area contributed by atoms with Gasteiger partial charge in [0, 0.05) is 12.5 Å². The van der Waals surface area contributed by atoms with Gasteiger partial charge < -0.3 is 10.4 Å². The van der Waals surface area contributed by atoms with Crippen LogP contribution in [0.25, 0.3) is 0 Å². The molecule has 0 aliphatic carbocycles. The molecule has 0 saturated carbocycles. The minimum atomic E-state index is -0.226. The number of rotatable bonds is 1. The van der Waals surface area contributed by atoms with Gasteiger partial charge in [-0.15, -0.1) is 0 Å². The molecule has 0 amide bonds. The summed E-state index contributed by atoms with van der Waals surface area (Å²) in [5.74, 6) is 0.322. The lowest BCUT2D eigenvalue weighted by molar-refractivity contribution is 0.118. The zero-order valence-corrected chi connectivity index (χ0v) is 7.61. The van der Waals surface area contributed by atoms with Gasteiger partial charge in [0.2, 0.25) is 0 Å². The molecule has 1 aliphatic rings. The van der Waals surface area contributed by atoms with Gasteiger partial charge in [0.15, 0.2) is 0 Å². The Labute approximate surface area is 78.6 Å². The molecular weight excluding hydrogens is 162 g/mol. The van der Waals surface area contributed by atoms with Crippen molar-refractivity contribution in [3.05, 3.63) is 35.9 Å². The number of nitrogens with one attached hydrogen (secondary N) is 1. The smallest absolute Gasteiger partial charge is 0.0733 e. The summed E-state index contributed by atoms with van der Waals surface area (Å²) in [6.07, 6.45) is 0.807. The van der Waals surface area contributed by atoms with Gasteiger partial charge in [-0.05, 0) is 18.5 Å². The first-order valence-corrected chi connectivity index (χ1v) is 4.81. The lowest BCUT2D eigenvalue weighted by Crippen LogP contribution is -2.39. The van der Waals surface area contributed by atoms with E-state index in [0.29, 0.717) is 5.92 Å². The molecule has 1 saturated heterocycles. The Kier molecular flexibility index (Phi) is 2.62. The highest BCUT2D eigenvalue weighted by atomic mass is 16.3. The molecule has 1 fully saturated rings. The van der Waals surface area contributed by atoms with Crippen LogP contribution in [0.4, 0.5) is 0 Å². The lowest BCUT2D eigenvalue weighted by Gasteiger charge is -2.28. The fraction of sp³-hybridized carbons (Fsp3) is 0.455. The van der Waals surface area contributed by atoms with Crippen molar-refractivity contribution in [2.45, 2.75) is 18.4 Å². The number of aliphatic hydroxyl groups is 1. The zero-order chi connectivity index (χ0) is 9.10. The van der Waals surface area contributed by atoms with Gasteiger partial charge in [0.05, 0.1) is 6.10 Å². The molecule has 1 aliphatic heterocycles. The first kappa shape index (κ1) is 8.73. The second kappa shape index (κ2) is 3.90. The van der Waals surface area contributed by atoms with E-state index < -0.39 is 0 Å². The highest BCUT2D eigenvalue weighted by Gasteiger charge is 2.23. The monoisotopic (exact) mass is 177 g/mol. The van der Waals surface area contributed by atoms with Crippen molar-refractivity contribution in [1.82, 2.24) is 5.32 Å².